The van der Waals surface area contributed by atoms with E-state index >= 15 is 0 Å². The van der Waals surface area contributed by atoms with Crippen molar-refractivity contribution in [3.05, 3.63) is 35.9 Å². The van der Waals surface area contributed by atoms with E-state index in [4.69, 9.17) is 4.74 Å². The van der Waals surface area contributed by atoms with Crippen LogP contribution in [0.15, 0.2) is 35.3 Å². The second kappa shape index (κ2) is 12.2. The number of carbonyl (C=O) groups is 1. The number of likely N-dealkylation sites (tertiary alicyclic amines) is 1. The first-order chi connectivity index (χ1) is 15.5. The lowest BCUT2D eigenvalue weighted by Crippen LogP contribution is -2.51. The van der Waals surface area contributed by atoms with Crippen molar-refractivity contribution in [2.75, 3.05) is 60.1 Å². The molecule has 0 radical (unpaired) electrons. The molecular weight excluding hydrogens is 406 g/mol. The minimum Gasteiger partial charge on any atom is -0.396 e. The summed E-state index contributed by atoms with van der Waals surface area (Å²) in [7, 11) is 3.49. The number of guanidine groups is 1. The number of likely N-dealkylation sites (N-methyl/N-ethyl adjacent to an activating group) is 1. The van der Waals surface area contributed by atoms with Crippen LogP contribution >= 0.6 is 0 Å². The number of aliphatic hydroxyl groups excluding tert-OH is 1. The zero-order chi connectivity index (χ0) is 22.8. The van der Waals surface area contributed by atoms with Gasteiger partial charge in [0.15, 0.2) is 5.96 Å². The molecule has 8 heteroatoms. The minimum absolute atomic E-state index is 0.0296. The second-order valence-electron chi connectivity index (χ2n) is 9.26. The Morgan fingerprint density at radius 1 is 1.28 bits per heavy atom. The van der Waals surface area contributed by atoms with Crippen molar-refractivity contribution in [1.82, 2.24) is 20.4 Å². The molecule has 178 valence electrons. The molecule has 0 aliphatic carbocycles. The van der Waals surface area contributed by atoms with E-state index in [0.29, 0.717) is 31.6 Å². The van der Waals surface area contributed by atoms with Crippen LogP contribution in [0.2, 0.25) is 0 Å². The number of aliphatic hydroxyl groups is 1. The van der Waals surface area contributed by atoms with Gasteiger partial charge in [-0.25, -0.2) is 4.99 Å². The van der Waals surface area contributed by atoms with Crippen LogP contribution in [0.25, 0.3) is 0 Å². The van der Waals surface area contributed by atoms with Gasteiger partial charge in [0, 0.05) is 64.9 Å². The summed E-state index contributed by atoms with van der Waals surface area (Å²) < 4.78 is 5.61. The van der Waals surface area contributed by atoms with Crippen molar-refractivity contribution in [3.8, 4) is 0 Å². The number of piperidine rings is 1. The molecule has 2 heterocycles. The van der Waals surface area contributed by atoms with Crippen LogP contribution < -0.4 is 10.6 Å². The maximum atomic E-state index is 12.1. The van der Waals surface area contributed by atoms with E-state index in [1.54, 1.807) is 19.0 Å². The fraction of sp³-hybridized carbons (Fsp3) is 0.667. The molecule has 3 rings (SSSR count). The van der Waals surface area contributed by atoms with Crippen molar-refractivity contribution in [2.45, 2.75) is 38.3 Å². The molecule has 0 aromatic heterocycles. The van der Waals surface area contributed by atoms with Gasteiger partial charge in [0.2, 0.25) is 5.91 Å². The lowest BCUT2D eigenvalue weighted by Gasteiger charge is -2.34. The summed E-state index contributed by atoms with van der Waals surface area (Å²) in [5.74, 6) is 0.643. The van der Waals surface area contributed by atoms with Crippen LogP contribution in [-0.4, -0.2) is 92.9 Å². The lowest BCUT2D eigenvalue weighted by atomic mass is 9.84. The van der Waals surface area contributed by atoms with Gasteiger partial charge in [-0.05, 0) is 31.2 Å². The van der Waals surface area contributed by atoms with Crippen LogP contribution in [0.3, 0.4) is 0 Å². The van der Waals surface area contributed by atoms with Crippen molar-refractivity contribution in [1.29, 1.82) is 0 Å². The van der Waals surface area contributed by atoms with Gasteiger partial charge in [-0.2, -0.15) is 0 Å². The number of benzene rings is 1. The van der Waals surface area contributed by atoms with Gasteiger partial charge in [-0.1, -0.05) is 30.3 Å². The first kappa shape index (κ1) is 24.5. The van der Waals surface area contributed by atoms with E-state index in [-0.39, 0.29) is 24.5 Å². The molecule has 3 N–H and O–H groups in total. The molecule has 2 aliphatic rings. The minimum atomic E-state index is -0.0815. The number of aliphatic imine (C=N–C) groups is 1. The SMILES string of the molecule is CN(C)C(=O)CN=C(NCC1(CCO)CCOC1)NC1CCN(Cc2ccccc2)CC1. The number of rotatable bonds is 9. The topological polar surface area (TPSA) is 89.4 Å². The summed E-state index contributed by atoms with van der Waals surface area (Å²) in [6.45, 7) is 5.32. The molecule has 1 atom stereocenters. The molecule has 1 aromatic rings. The first-order valence-corrected chi connectivity index (χ1v) is 11.7. The van der Waals surface area contributed by atoms with E-state index in [9.17, 15) is 9.90 Å². The van der Waals surface area contributed by atoms with E-state index < -0.39 is 0 Å². The van der Waals surface area contributed by atoms with Gasteiger partial charge in [0.05, 0.1) is 6.61 Å². The summed E-state index contributed by atoms with van der Waals surface area (Å²) >= 11 is 0. The molecule has 1 amide bonds. The highest BCUT2D eigenvalue weighted by molar-refractivity contribution is 5.85. The van der Waals surface area contributed by atoms with Gasteiger partial charge < -0.3 is 25.4 Å². The summed E-state index contributed by atoms with van der Waals surface area (Å²) in [6, 6.07) is 10.9. The third kappa shape index (κ3) is 7.46. The Labute approximate surface area is 192 Å². The smallest absolute Gasteiger partial charge is 0.243 e. The highest BCUT2D eigenvalue weighted by atomic mass is 16.5. The monoisotopic (exact) mass is 445 g/mol. The molecule has 8 nitrogen and oxygen atoms in total. The quantitative estimate of drug-likeness (QED) is 0.389. The molecule has 0 spiro atoms. The highest BCUT2D eigenvalue weighted by Crippen LogP contribution is 2.31. The molecule has 1 aromatic carbocycles. The van der Waals surface area contributed by atoms with Crippen molar-refractivity contribution < 1.29 is 14.6 Å². The Bertz CT molecular complexity index is 726. The Morgan fingerprint density at radius 2 is 2.03 bits per heavy atom. The summed E-state index contributed by atoms with van der Waals surface area (Å²) in [4.78, 5) is 20.7. The zero-order valence-electron chi connectivity index (χ0n) is 19.6. The number of nitrogens with one attached hydrogen (secondary N) is 2. The molecule has 2 fully saturated rings. The molecule has 0 bridgehead atoms. The molecular formula is C24H39N5O3. The summed E-state index contributed by atoms with van der Waals surface area (Å²) in [6.07, 6.45) is 3.67. The van der Waals surface area contributed by atoms with Gasteiger partial charge in [0.1, 0.15) is 6.54 Å². The Morgan fingerprint density at radius 3 is 2.66 bits per heavy atom. The average molecular weight is 446 g/mol. The van der Waals surface area contributed by atoms with Gasteiger partial charge in [0.25, 0.3) is 0 Å². The number of ether oxygens (including phenoxy) is 1. The standard InChI is InChI=1S/C24H39N5O3/c1-28(2)22(31)16-25-23(26-18-24(10-14-30)11-15-32-19-24)27-21-8-12-29(13-9-21)17-20-6-4-3-5-7-20/h3-7,21,30H,8-19H2,1-2H3,(H2,25,26,27). The summed E-state index contributed by atoms with van der Waals surface area (Å²) in [5.41, 5.74) is 1.26. The Balaban J connectivity index is 1.55. The number of hydrogen-bond acceptors (Lipinski definition) is 5. The molecule has 32 heavy (non-hydrogen) atoms. The summed E-state index contributed by atoms with van der Waals surface area (Å²) in [5, 5.41) is 16.5. The van der Waals surface area contributed by atoms with E-state index in [1.807, 2.05) is 0 Å². The highest BCUT2D eigenvalue weighted by Gasteiger charge is 2.34. The fourth-order valence-electron chi connectivity index (χ4n) is 4.29. The van der Waals surface area contributed by atoms with Crippen LogP contribution in [0, 0.1) is 5.41 Å². The molecule has 0 saturated carbocycles. The van der Waals surface area contributed by atoms with Crippen LogP contribution in [0.4, 0.5) is 0 Å². The lowest BCUT2D eigenvalue weighted by molar-refractivity contribution is -0.127. The van der Waals surface area contributed by atoms with Gasteiger partial charge >= 0.3 is 0 Å². The Kier molecular flexibility index (Phi) is 9.32. The Hall–Kier alpha value is -2.16. The van der Waals surface area contributed by atoms with E-state index in [2.05, 4.69) is 50.9 Å². The number of carbonyl (C=O) groups excluding carboxylic acids is 1. The second-order valence-corrected chi connectivity index (χ2v) is 9.26. The zero-order valence-corrected chi connectivity index (χ0v) is 19.6. The van der Waals surface area contributed by atoms with Crippen molar-refractivity contribution in [2.24, 2.45) is 10.4 Å². The van der Waals surface area contributed by atoms with Crippen LogP contribution in [0.1, 0.15) is 31.2 Å². The third-order valence-electron chi connectivity index (χ3n) is 6.51. The predicted octanol–water partition coefficient (Wildman–Crippen LogP) is 1.06. The predicted molar refractivity (Wildman–Crippen MR) is 126 cm³/mol. The van der Waals surface area contributed by atoms with Crippen LogP contribution in [-0.2, 0) is 16.1 Å². The van der Waals surface area contributed by atoms with Gasteiger partial charge in [-0.3, -0.25) is 9.69 Å². The normalized spacial score (nSPS) is 22.7. The van der Waals surface area contributed by atoms with E-state index in [0.717, 1.165) is 45.5 Å². The fourth-order valence-corrected chi connectivity index (χ4v) is 4.29. The number of nitrogens with zero attached hydrogens (tertiary/aromatic N) is 3. The largest absolute Gasteiger partial charge is 0.396 e. The molecule has 2 saturated heterocycles. The average Bonchev–Trinajstić information content (AvgIpc) is 3.26. The van der Waals surface area contributed by atoms with Gasteiger partial charge in [-0.15, -0.1) is 0 Å². The van der Waals surface area contributed by atoms with E-state index in [1.165, 1.54) is 5.56 Å². The number of amides is 1. The molecule has 2 aliphatic heterocycles. The van der Waals surface area contributed by atoms with Crippen molar-refractivity contribution in [3.63, 3.8) is 0 Å². The molecule has 1 unspecified atom stereocenters. The number of hydrogen-bond donors (Lipinski definition) is 3. The van der Waals surface area contributed by atoms with Crippen LogP contribution in [0.5, 0.6) is 0 Å². The third-order valence-corrected chi connectivity index (χ3v) is 6.51. The maximum absolute atomic E-state index is 12.1. The van der Waals surface area contributed by atoms with Crippen molar-refractivity contribution >= 4 is 11.9 Å². The first-order valence-electron chi connectivity index (χ1n) is 11.7. The maximum Gasteiger partial charge on any atom is 0.243 e.